The number of hydrogen-bond acceptors (Lipinski definition) is 4. The molecule has 1 fully saturated rings. The zero-order valence-electron chi connectivity index (χ0n) is 13.6. The second-order valence-corrected chi connectivity index (χ2v) is 6.86. The maximum Gasteiger partial charge on any atom is 0.122 e. The highest BCUT2D eigenvalue weighted by atomic mass is 15.2. The van der Waals surface area contributed by atoms with Crippen LogP contribution in [0.25, 0.3) is 0 Å². The Bertz CT molecular complexity index is 617. The largest absolute Gasteiger partial charge is 0.333 e. The molecule has 0 spiro atoms. The SMILES string of the molecule is c1ccc(CN2Cc3nccn3CC(CN3CCCC3)C2)nc1. The zero-order valence-corrected chi connectivity index (χ0v) is 13.6. The van der Waals surface area contributed by atoms with Crippen LogP contribution in [0.2, 0.25) is 0 Å². The van der Waals surface area contributed by atoms with Gasteiger partial charge in [0.15, 0.2) is 0 Å². The summed E-state index contributed by atoms with van der Waals surface area (Å²) >= 11 is 0. The van der Waals surface area contributed by atoms with Crippen LogP contribution < -0.4 is 0 Å². The summed E-state index contributed by atoms with van der Waals surface area (Å²) in [4.78, 5) is 14.2. The summed E-state index contributed by atoms with van der Waals surface area (Å²) in [6.07, 6.45) is 8.68. The monoisotopic (exact) mass is 311 g/mol. The molecule has 0 aliphatic carbocycles. The first-order valence-electron chi connectivity index (χ1n) is 8.71. The van der Waals surface area contributed by atoms with Crippen LogP contribution in [-0.2, 0) is 19.6 Å². The Morgan fingerprint density at radius 1 is 1.00 bits per heavy atom. The Kier molecular flexibility index (Phi) is 4.39. The smallest absolute Gasteiger partial charge is 0.122 e. The van der Waals surface area contributed by atoms with Crippen LogP contribution in [0.1, 0.15) is 24.4 Å². The van der Waals surface area contributed by atoms with Crippen molar-refractivity contribution in [2.45, 2.75) is 32.5 Å². The molecule has 2 aliphatic heterocycles. The van der Waals surface area contributed by atoms with E-state index in [4.69, 9.17) is 0 Å². The molecule has 2 aromatic rings. The van der Waals surface area contributed by atoms with Gasteiger partial charge in [-0.3, -0.25) is 9.88 Å². The molecule has 1 atom stereocenters. The van der Waals surface area contributed by atoms with E-state index in [9.17, 15) is 0 Å². The minimum atomic E-state index is 0.660. The van der Waals surface area contributed by atoms with Crippen LogP contribution >= 0.6 is 0 Å². The molecule has 2 aliphatic rings. The number of fused-ring (bicyclic) bond motifs is 1. The van der Waals surface area contributed by atoms with Gasteiger partial charge in [-0.15, -0.1) is 0 Å². The Balaban J connectivity index is 1.49. The zero-order chi connectivity index (χ0) is 15.5. The minimum absolute atomic E-state index is 0.660. The van der Waals surface area contributed by atoms with E-state index in [0.717, 1.165) is 31.9 Å². The van der Waals surface area contributed by atoms with Gasteiger partial charge in [-0.1, -0.05) is 6.07 Å². The molecule has 23 heavy (non-hydrogen) atoms. The topological polar surface area (TPSA) is 37.2 Å². The van der Waals surface area contributed by atoms with Crippen molar-refractivity contribution < 1.29 is 0 Å². The van der Waals surface area contributed by atoms with Gasteiger partial charge in [0.25, 0.3) is 0 Å². The fourth-order valence-electron chi connectivity index (χ4n) is 3.91. The van der Waals surface area contributed by atoms with Gasteiger partial charge in [0, 0.05) is 50.7 Å². The first kappa shape index (κ1) is 14.8. The van der Waals surface area contributed by atoms with Crippen LogP contribution in [0.4, 0.5) is 0 Å². The fourth-order valence-corrected chi connectivity index (χ4v) is 3.91. The number of likely N-dealkylation sites (tertiary alicyclic amines) is 1. The number of pyridine rings is 1. The van der Waals surface area contributed by atoms with Crippen molar-refractivity contribution in [3.05, 3.63) is 48.3 Å². The quantitative estimate of drug-likeness (QED) is 0.865. The minimum Gasteiger partial charge on any atom is -0.333 e. The van der Waals surface area contributed by atoms with E-state index in [-0.39, 0.29) is 0 Å². The normalized spacial score (nSPS) is 22.9. The first-order chi connectivity index (χ1) is 11.4. The van der Waals surface area contributed by atoms with E-state index in [1.165, 1.54) is 38.3 Å². The summed E-state index contributed by atoms with van der Waals surface area (Å²) < 4.78 is 2.35. The predicted octanol–water partition coefficient (Wildman–Crippen LogP) is 2.01. The Hall–Kier alpha value is -1.72. The molecule has 5 nitrogen and oxygen atoms in total. The molecule has 0 bridgehead atoms. The molecule has 5 heteroatoms. The van der Waals surface area contributed by atoms with Crippen LogP contribution in [0.3, 0.4) is 0 Å². The van der Waals surface area contributed by atoms with Gasteiger partial charge in [-0.25, -0.2) is 4.98 Å². The molecule has 1 unspecified atom stereocenters. The Morgan fingerprint density at radius 3 is 2.74 bits per heavy atom. The lowest BCUT2D eigenvalue weighted by molar-refractivity contribution is 0.181. The highest BCUT2D eigenvalue weighted by molar-refractivity contribution is 5.04. The van der Waals surface area contributed by atoms with Crippen molar-refractivity contribution in [3.63, 3.8) is 0 Å². The molecule has 4 heterocycles. The summed E-state index contributed by atoms with van der Waals surface area (Å²) in [5, 5.41) is 0. The van der Waals surface area contributed by atoms with Gasteiger partial charge in [-0.05, 0) is 38.1 Å². The third kappa shape index (κ3) is 3.62. The van der Waals surface area contributed by atoms with Crippen LogP contribution in [0, 0.1) is 5.92 Å². The number of hydrogen-bond donors (Lipinski definition) is 0. The average molecular weight is 311 g/mol. The van der Waals surface area contributed by atoms with Crippen LogP contribution in [-0.4, -0.2) is 50.5 Å². The molecule has 2 aromatic heterocycles. The maximum absolute atomic E-state index is 4.56. The summed E-state index contributed by atoms with van der Waals surface area (Å²) in [6, 6.07) is 6.17. The number of rotatable bonds is 4. The van der Waals surface area contributed by atoms with Crippen molar-refractivity contribution in [2.24, 2.45) is 5.92 Å². The highest BCUT2D eigenvalue weighted by Crippen LogP contribution is 2.20. The second kappa shape index (κ2) is 6.81. The molecule has 0 aromatic carbocycles. The predicted molar refractivity (Wildman–Crippen MR) is 89.7 cm³/mol. The number of nitrogens with zero attached hydrogens (tertiary/aromatic N) is 5. The van der Waals surface area contributed by atoms with Gasteiger partial charge in [0.05, 0.1) is 12.2 Å². The standard InChI is InChI=1S/C18H25N5/c1-2-6-19-17(5-1)14-22-12-16(11-21-8-3-4-9-21)13-23-10-7-20-18(23)15-22/h1-2,5-7,10,16H,3-4,8-9,11-15H2. The molecule has 1 saturated heterocycles. The first-order valence-corrected chi connectivity index (χ1v) is 8.71. The average Bonchev–Trinajstić information content (AvgIpc) is 3.18. The molecule has 122 valence electrons. The summed E-state index contributed by atoms with van der Waals surface area (Å²) in [5.41, 5.74) is 1.15. The van der Waals surface area contributed by atoms with Crippen molar-refractivity contribution in [3.8, 4) is 0 Å². The lowest BCUT2D eigenvalue weighted by atomic mass is 10.1. The summed E-state index contributed by atoms with van der Waals surface area (Å²) in [7, 11) is 0. The van der Waals surface area contributed by atoms with E-state index in [1.807, 2.05) is 18.5 Å². The van der Waals surface area contributed by atoms with Crippen molar-refractivity contribution in [2.75, 3.05) is 26.2 Å². The van der Waals surface area contributed by atoms with E-state index in [1.54, 1.807) is 0 Å². The van der Waals surface area contributed by atoms with Crippen LogP contribution in [0.5, 0.6) is 0 Å². The molecule has 0 radical (unpaired) electrons. The van der Waals surface area contributed by atoms with Gasteiger partial charge >= 0.3 is 0 Å². The van der Waals surface area contributed by atoms with Gasteiger partial charge < -0.3 is 9.47 Å². The molecular formula is C18H25N5. The summed E-state index contributed by atoms with van der Waals surface area (Å²) in [5.74, 6) is 1.84. The van der Waals surface area contributed by atoms with Crippen molar-refractivity contribution in [1.29, 1.82) is 0 Å². The van der Waals surface area contributed by atoms with Gasteiger partial charge in [0.1, 0.15) is 5.82 Å². The summed E-state index contributed by atoms with van der Waals surface area (Å²) in [6.45, 7) is 7.78. The maximum atomic E-state index is 4.56. The van der Waals surface area contributed by atoms with Gasteiger partial charge in [-0.2, -0.15) is 0 Å². The molecule has 0 N–H and O–H groups in total. The van der Waals surface area contributed by atoms with Crippen LogP contribution in [0.15, 0.2) is 36.8 Å². The van der Waals surface area contributed by atoms with E-state index >= 15 is 0 Å². The second-order valence-electron chi connectivity index (χ2n) is 6.86. The van der Waals surface area contributed by atoms with E-state index < -0.39 is 0 Å². The third-order valence-electron chi connectivity index (χ3n) is 4.96. The Labute approximate surface area is 138 Å². The van der Waals surface area contributed by atoms with Crippen molar-refractivity contribution >= 4 is 0 Å². The number of aromatic nitrogens is 3. The molecule has 0 amide bonds. The lowest BCUT2D eigenvalue weighted by Gasteiger charge is -2.26. The lowest BCUT2D eigenvalue weighted by Crippen LogP contribution is -2.35. The molecule has 0 saturated carbocycles. The molecular weight excluding hydrogens is 286 g/mol. The molecule has 4 rings (SSSR count). The number of imidazole rings is 1. The Morgan fingerprint density at radius 2 is 1.91 bits per heavy atom. The van der Waals surface area contributed by atoms with Gasteiger partial charge in [0.2, 0.25) is 0 Å². The van der Waals surface area contributed by atoms with E-state index in [0.29, 0.717) is 5.92 Å². The van der Waals surface area contributed by atoms with E-state index in [2.05, 4.69) is 42.7 Å². The fraction of sp³-hybridized carbons (Fsp3) is 0.556. The third-order valence-corrected chi connectivity index (χ3v) is 4.96. The van der Waals surface area contributed by atoms with Crippen molar-refractivity contribution in [1.82, 2.24) is 24.3 Å². The highest BCUT2D eigenvalue weighted by Gasteiger charge is 2.25.